The molecule has 2 N–H and O–H groups in total. The van der Waals surface area contributed by atoms with Gasteiger partial charge in [0, 0.05) is 11.3 Å². The van der Waals surface area contributed by atoms with E-state index in [1.165, 1.54) is 23.5 Å². The van der Waals surface area contributed by atoms with Gasteiger partial charge in [0.2, 0.25) is 0 Å². The first-order valence-corrected chi connectivity index (χ1v) is 8.80. The number of amides is 1. The Morgan fingerprint density at radius 2 is 2.20 bits per heavy atom. The maximum Gasteiger partial charge on any atom is 0.305 e. The molecule has 0 bridgehead atoms. The fraction of sp³-hybridized carbons (Fsp3) is 0.294. The van der Waals surface area contributed by atoms with Crippen LogP contribution in [0.15, 0.2) is 24.3 Å². The predicted molar refractivity (Wildman–Crippen MR) is 91.5 cm³/mol. The summed E-state index contributed by atoms with van der Waals surface area (Å²) < 4.78 is 19.0. The number of carbonyl (C=O) groups is 2. The van der Waals surface area contributed by atoms with E-state index in [4.69, 9.17) is 21.4 Å². The molecular weight excluding hydrogens is 369 g/mol. The van der Waals surface area contributed by atoms with Crippen LogP contribution in [-0.2, 0) is 22.6 Å². The van der Waals surface area contributed by atoms with E-state index in [0.29, 0.717) is 23.7 Å². The van der Waals surface area contributed by atoms with Crippen LogP contribution in [0.25, 0.3) is 0 Å². The summed E-state index contributed by atoms with van der Waals surface area (Å²) in [6.07, 6.45) is 0.398. The molecule has 0 radical (unpaired) electrons. The predicted octanol–water partition coefficient (Wildman–Crippen LogP) is 3.56. The molecule has 3 rings (SSSR count). The Bertz CT molecular complexity index is 799. The Balaban J connectivity index is 1.81. The molecule has 1 aliphatic rings. The number of rotatable bonds is 5. The summed E-state index contributed by atoms with van der Waals surface area (Å²) >= 11 is 7.03. The van der Waals surface area contributed by atoms with Crippen molar-refractivity contribution in [3.63, 3.8) is 0 Å². The molecule has 1 aliphatic heterocycles. The number of halogens is 2. The van der Waals surface area contributed by atoms with E-state index in [1.807, 2.05) is 0 Å². The van der Waals surface area contributed by atoms with E-state index >= 15 is 0 Å². The molecule has 2 aromatic rings. The lowest BCUT2D eigenvalue weighted by Gasteiger charge is -2.17. The van der Waals surface area contributed by atoms with Crippen molar-refractivity contribution < 1.29 is 23.8 Å². The van der Waals surface area contributed by atoms with Gasteiger partial charge in [-0.15, -0.1) is 11.3 Å². The minimum atomic E-state index is -1.10. The molecule has 1 amide bonds. The van der Waals surface area contributed by atoms with Crippen LogP contribution in [0.1, 0.15) is 38.1 Å². The second kappa shape index (κ2) is 7.51. The Morgan fingerprint density at radius 1 is 1.40 bits per heavy atom. The minimum Gasteiger partial charge on any atom is -0.481 e. The van der Waals surface area contributed by atoms with Gasteiger partial charge in [-0.1, -0.05) is 17.7 Å². The van der Waals surface area contributed by atoms with Gasteiger partial charge in [0.05, 0.1) is 35.6 Å². The van der Waals surface area contributed by atoms with E-state index < -0.39 is 17.8 Å². The number of hydrogen-bond acceptors (Lipinski definition) is 4. The van der Waals surface area contributed by atoms with Crippen molar-refractivity contribution in [2.75, 3.05) is 6.61 Å². The normalized spacial score (nSPS) is 14.6. The first-order chi connectivity index (χ1) is 11.9. The van der Waals surface area contributed by atoms with Gasteiger partial charge in [0.25, 0.3) is 5.91 Å². The van der Waals surface area contributed by atoms with Gasteiger partial charge in [-0.3, -0.25) is 9.59 Å². The highest BCUT2D eigenvalue weighted by Crippen LogP contribution is 2.28. The van der Waals surface area contributed by atoms with Crippen molar-refractivity contribution in [1.29, 1.82) is 0 Å². The van der Waals surface area contributed by atoms with Gasteiger partial charge in [-0.05, 0) is 29.3 Å². The molecule has 0 aliphatic carbocycles. The zero-order valence-corrected chi connectivity index (χ0v) is 14.6. The summed E-state index contributed by atoms with van der Waals surface area (Å²) in [4.78, 5) is 25.2. The summed E-state index contributed by atoms with van der Waals surface area (Å²) in [5, 5.41) is 11.7. The summed E-state index contributed by atoms with van der Waals surface area (Å²) in [6.45, 7) is 1.10. The third kappa shape index (κ3) is 4.18. The molecule has 1 unspecified atom stereocenters. The highest BCUT2D eigenvalue weighted by atomic mass is 35.5. The molecule has 25 heavy (non-hydrogen) atoms. The number of nitrogens with one attached hydrogen (secondary N) is 1. The second-order valence-electron chi connectivity index (χ2n) is 5.66. The molecule has 0 fully saturated rings. The van der Waals surface area contributed by atoms with E-state index in [2.05, 4.69) is 5.32 Å². The van der Waals surface area contributed by atoms with Crippen molar-refractivity contribution in [3.05, 3.63) is 56.0 Å². The SMILES string of the molecule is O=C(O)CC(NC(=O)c1cc2c(s1)CCOC2)c1ccc(Cl)c(F)c1. The monoisotopic (exact) mass is 383 g/mol. The molecule has 1 aromatic heterocycles. The number of carboxylic acids is 1. The molecule has 132 valence electrons. The van der Waals surface area contributed by atoms with Crippen molar-refractivity contribution in [1.82, 2.24) is 5.32 Å². The number of fused-ring (bicyclic) bond motifs is 1. The number of benzene rings is 1. The first-order valence-electron chi connectivity index (χ1n) is 7.61. The molecule has 1 atom stereocenters. The van der Waals surface area contributed by atoms with Crippen molar-refractivity contribution >= 4 is 34.8 Å². The molecule has 0 saturated heterocycles. The summed E-state index contributed by atoms with van der Waals surface area (Å²) in [6, 6.07) is 4.89. The van der Waals surface area contributed by atoms with Gasteiger partial charge < -0.3 is 15.2 Å². The van der Waals surface area contributed by atoms with Crippen LogP contribution in [0.3, 0.4) is 0 Å². The van der Waals surface area contributed by atoms with Crippen molar-refractivity contribution in [2.45, 2.75) is 25.5 Å². The van der Waals surface area contributed by atoms with E-state index in [1.54, 1.807) is 6.07 Å². The summed E-state index contributed by atoms with van der Waals surface area (Å²) in [5.41, 5.74) is 1.33. The zero-order chi connectivity index (χ0) is 18.0. The lowest BCUT2D eigenvalue weighted by molar-refractivity contribution is -0.137. The van der Waals surface area contributed by atoms with Crippen LogP contribution < -0.4 is 5.32 Å². The van der Waals surface area contributed by atoms with Crippen molar-refractivity contribution in [3.8, 4) is 0 Å². The lowest BCUT2D eigenvalue weighted by Crippen LogP contribution is -2.29. The Morgan fingerprint density at radius 3 is 2.88 bits per heavy atom. The average molecular weight is 384 g/mol. The molecular formula is C17H15ClFNO4S. The van der Waals surface area contributed by atoms with Crippen LogP contribution in [0.4, 0.5) is 4.39 Å². The number of ether oxygens (including phenoxy) is 1. The van der Waals surface area contributed by atoms with Gasteiger partial charge in [-0.2, -0.15) is 0 Å². The molecule has 0 spiro atoms. The molecule has 2 heterocycles. The maximum absolute atomic E-state index is 13.7. The number of thiophene rings is 1. The fourth-order valence-corrected chi connectivity index (χ4v) is 3.81. The maximum atomic E-state index is 13.7. The lowest BCUT2D eigenvalue weighted by atomic mass is 10.0. The Hall–Kier alpha value is -1.96. The summed E-state index contributed by atoms with van der Waals surface area (Å²) in [5.74, 6) is -2.15. The van der Waals surface area contributed by atoms with Crippen LogP contribution >= 0.6 is 22.9 Å². The van der Waals surface area contributed by atoms with Crippen LogP contribution in [-0.4, -0.2) is 23.6 Å². The van der Waals surface area contributed by atoms with Crippen molar-refractivity contribution in [2.24, 2.45) is 0 Å². The van der Waals surface area contributed by atoms with Crippen LogP contribution in [0, 0.1) is 5.82 Å². The standard InChI is InChI=1S/C17H15ClFNO4S/c18-11-2-1-9(5-12(11)19)13(7-16(21)22)20-17(23)15-6-10-8-24-4-3-14(10)25-15/h1-2,5-6,13H,3-4,7-8H2,(H,20,23)(H,21,22). The quantitative estimate of drug-likeness (QED) is 0.827. The fourth-order valence-electron chi connectivity index (χ4n) is 2.64. The average Bonchev–Trinajstić information content (AvgIpc) is 3.00. The zero-order valence-electron chi connectivity index (χ0n) is 13.1. The molecule has 0 saturated carbocycles. The van der Waals surface area contributed by atoms with Crippen LogP contribution in [0.2, 0.25) is 5.02 Å². The van der Waals surface area contributed by atoms with E-state index in [-0.39, 0.29) is 17.4 Å². The van der Waals surface area contributed by atoms with Gasteiger partial charge in [0.15, 0.2) is 0 Å². The van der Waals surface area contributed by atoms with E-state index in [0.717, 1.165) is 22.9 Å². The van der Waals surface area contributed by atoms with Gasteiger partial charge >= 0.3 is 5.97 Å². The molecule has 1 aromatic carbocycles. The number of hydrogen-bond donors (Lipinski definition) is 2. The number of aliphatic carboxylic acids is 1. The smallest absolute Gasteiger partial charge is 0.305 e. The number of carboxylic acid groups (broad SMARTS) is 1. The van der Waals surface area contributed by atoms with Crippen LogP contribution in [0.5, 0.6) is 0 Å². The Kier molecular flexibility index (Phi) is 5.36. The molecule has 5 nitrogen and oxygen atoms in total. The van der Waals surface area contributed by atoms with Gasteiger partial charge in [0.1, 0.15) is 5.82 Å². The molecule has 8 heteroatoms. The second-order valence-corrected chi connectivity index (χ2v) is 7.20. The largest absolute Gasteiger partial charge is 0.481 e. The summed E-state index contributed by atoms with van der Waals surface area (Å²) in [7, 11) is 0. The number of carbonyl (C=O) groups excluding carboxylic acids is 1. The highest BCUT2D eigenvalue weighted by molar-refractivity contribution is 7.14. The topological polar surface area (TPSA) is 75.6 Å². The highest BCUT2D eigenvalue weighted by Gasteiger charge is 2.23. The van der Waals surface area contributed by atoms with Gasteiger partial charge in [-0.25, -0.2) is 4.39 Å². The Labute approximate surface area is 152 Å². The third-order valence-corrected chi connectivity index (χ3v) is 5.42. The minimum absolute atomic E-state index is 0.0601. The third-order valence-electron chi connectivity index (χ3n) is 3.88. The van der Waals surface area contributed by atoms with E-state index in [9.17, 15) is 14.0 Å². The first kappa shape index (κ1) is 17.8.